The Morgan fingerprint density at radius 2 is 1.91 bits per heavy atom. The average molecular weight is 465 g/mol. The van der Waals surface area contributed by atoms with E-state index in [4.69, 9.17) is 15.2 Å². The van der Waals surface area contributed by atoms with E-state index in [9.17, 15) is 4.79 Å². The van der Waals surface area contributed by atoms with Crippen LogP contribution in [0.25, 0.3) is 5.57 Å². The molecule has 180 valence electrons. The minimum absolute atomic E-state index is 0.154. The van der Waals surface area contributed by atoms with Gasteiger partial charge in [0.2, 0.25) is 0 Å². The molecular formula is C25H32N6O3. The molecule has 0 atom stereocenters. The lowest BCUT2D eigenvalue weighted by atomic mass is 9.87. The van der Waals surface area contributed by atoms with Gasteiger partial charge in [-0.3, -0.25) is 4.79 Å². The number of anilines is 2. The van der Waals surface area contributed by atoms with Crippen molar-refractivity contribution in [2.24, 2.45) is 5.73 Å². The Labute approximate surface area is 199 Å². The fourth-order valence-corrected chi connectivity index (χ4v) is 5.06. The molecule has 3 aliphatic rings. The molecular weight excluding hydrogens is 432 g/mol. The monoisotopic (exact) mass is 464 g/mol. The van der Waals surface area contributed by atoms with E-state index in [1.54, 1.807) is 18.5 Å². The molecule has 2 fully saturated rings. The first-order valence-electron chi connectivity index (χ1n) is 12.0. The first-order chi connectivity index (χ1) is 16.6. The zero-order chi connectivity index (χ0) is 23.5. The summed E-state index contributed by atoms with van der Waals surface area (Å²) in [4.78, 5) is 26.3. The van der Waals surface area contributed by atoms with E-state index in [-0.39, 0.29) is 17.1 Å². The molecule has 3 N–H and O–H groups in total. The summed E-state index contributed by atoms with van der Waals surface area (Å²) >= 11 is 0. The highest BCUT2D eigenvalue weighted by Gasteiger charge is 2.42. The highest BCUT2D eigenvalue weighted by atomic mass is 16.5. The third kappa shape index (κ3) is 4.45. The van der Waals surface area contributed by atoms with Crippen molar-refractivity contribution in [1.82, 2.24) is 14.9 Å². The Morgan fingerprint density at radius 1 is 1.18 bits per heavy atom. The van der Waals surface area contributed by atoms with Crippen molar-refractivity contribution >= 4 is 22.9 Å². The van der Waals surface area contributed by atoms with Gasteiger partial charge in [0.25, 0.3) is 5.91 Å². The highest BCUT2D eigenvalue weighted by Crippen LogP contribution is 2.45. The summed E-state index contributed by atoms with van der Waals surface area (Å²) in [7, 11) is 0. The second-order valence-electron chi connectivity index (χ2n) is 9.08. The molecule has 9 heteroatoms. The second-order valence-corrected chi connectivity index (χ2v) is 9.08. The topological polar surface area (TPSA) is 106 Å². The fraction of sp³-hybridized carbons (Fsp3) is 0.480. The number of nitrogens with zero attached hydrogens (tertiary/aromatic N) is 4. The van der Waals surface area contributed by atoms with E-state index < -0.39 is 0 Å². The van der Waals surface area contributed by atoms with Crippen LogP contribution in [0.4, 0.5) is 11.4 Å². The van der Waals surface area contributed by atoms with Crippen molar-refractivity contribution in [3.05, 3.63) is 48.2 Å². The number of morpholine rings is 1. The smallest absolute Gasteiger partial charge is 0.261 e. The number of amides is 1. The van der Waals surface area contributed by atoms with Crippen LogP contribution in [-0.2, 0) is 16.0 Å². The molecule has 0 radical (unpaired) electrons. The third-order valence-electron chi connectivity index (χ3n) is 7.05. The maximum Gasteiger partial charge on any atom is 0.261 e. The number of carbonyl (C=O) groups is 1. The largest absolute Gasteiger partial charge is 0.486 e. The van der Waals surface area contributed by atoms with Crippen LogP contribution in [0.15, 0.2) is 36.8 Å². The van der Waals surface area contributed by atoms with E-state index in [2.05, 4.69) is 44.1 Å². The summed E-state index contributed by atoms with van der Waals surface area (Å²) < 4.78 is 12.2. The summed E-state index contributed by atoms with van der Waals surface area (Å²) in [6, 6.07) is 5.86. The molecule has 1 aromatic carbocycles. The number of nitrogens with one attached hydrogen (secondary N) is 1. The number of hydrogen-bond donors (Lipinski definition) is 2. The van der Waals surface area contributed by atoms with E-state index >= 15 is 0 Å². The van der Waals surface area contributed by atoms with Crippen LogP contribution < -0.4 is 20.7 Å². The van der Waals surface area contributed by atoms with Crippen molar-refractivity contribution in [1.29, 1.82) is 0 Å². The minimum atomic E-state index is -0.340. The minimum Gasteiger partial charge on any atom is -0.486 e. The molecule has 0 aliphatic carbocycles. The lowest BCUT2D eigenvalue weighted by Gasteiger charge is -2.38. The van der Waals surface area contributed by atoms with Crippen LogP contribution in [0.2, 0.25) is 0 Å². The normalized spacial score (nSPS) is 20.1. The Balaban J connectivity index is 1.44. The zero-order valence-electron chi connectivity index (χ0n) is 19.6. The van der Waals surface area contributed by atoms with Crippen LogP contribution in [0.5, 0.6) is 5.75 Å². The van der Waals surface area contributed by atoms with Gasteiger partial charge in [0.05, 0.1) is 30.2 Å². The van der Waals surface area contributed by atoms with E-state index in [1.165, 1.54) is 6.20 Å². The molecule has 4 heterocycles. The van der Waals surface area contributed by atoms with Gasteiger partial charge in [-0.2, -0.15) is 0 Å². The third-order valence-corrected chi connectivity index (χ3v) is 7.05. The van der Waals surface area contributed by atoms with Gasteiger partial charge in [0, 0.05) is 75.7 Å². The standard InChI is InChI=1S/C25H32N6O3/c1-2-30-8-4-25(5-9-30)16-18-14-20(21(15-22(18)34-25)31-10-12-33-13-11-31)29-24(32)19(17-26)23-27-6-3-7-28-23/h3,6-7,14-15,17H,2,4-5,8-13,16,26H2,1H3,(H,29,32). The summed E-state index contributed by atoms with van der Waals surface area (Å²) in [5.74, 6) is 0.875. The number of hydrogen-bond acceptors (Lipinski definition) is 8. The Kier molecular flexibility index (Phi) is 6.38. The number of piperidine rings is 1. The molecule has 1 spiro atoms. The number of carbonyl (C=O) groups excluding carboxylic acids is 1. The van der Waals surface area contributed by atoms with Crippen molar-refractivity contribution in [2.45, 2.75) is 31.8 Å². The highest BCUT2D eigenvalue weighted by molar-refractivity contribution is 6.24. The summed E-state index contributed by atoms with van der Waals surface area (Å²) in [6.07, 6.45) is 7.31. The SMILES string of the molecule is CCN1CCC2(CC1)Cc1cc(NC(=O)C(=CN)c3ncccn3)c(N3CCOCC3)cc1O2. The number of aromatic nitrogens is 2. The van der Waals surface area contributed by atoms with Gasteiger partial charge < -0.3 is 30.3 Å². The molecule has 0 unspecified atom stereocenters. The molecule has 2 aromatic rings. The molecule has 1 aromatic heterocycles. The molecule has 34 heavy (non-hydrogen) atoms. The fourth-order valence-electron chi connectivity index (χ4n) is 5.06. The quantitative estimate of drug-likeness (QED) is 0.648. The maximum absolute atomic E-state index is 13.2. The Morgan fingerprint density at radius 3 is 2.59 bits per heavy atom. The van der Waals surface area contributed by atoms with Gasteiger partial charge in [0.15, 0.2) is 5.82 Å². The number of likely N-dealkylation sites (tertiary alicyclic amines) is 1. The number of nitrogens with two attached hydrogens (primary N) is 1. The lowest BCUT2D eigenvalue weighted by Crippen LogP contribution is -2.47. The van der Waals surface area contributed by atoms with Crippen molar-refractivity contribution in [2.75, 3.05) is 56.2 Å². The van der Waals surface area contributed by atoms with Crippen LogP contribution in [0, 0.1) is 0 Å². The second kappa shape index (κ2) is 9.60. The van der Waals surface area contributed by atoms with Crippen molar-refractivity contribution in [3.8, 4) is 5.75 Å². The summed E-state index contributed by atoms with van der Waals surface area (Å²) in [6.45, 7) is 8.16. The van der Waals surface area contributed by atoms with Gasteiger partial charge in [0.1, 0.15) is 11.4 Å². The van der Waals surface area contributed by atoms with E-state index in [1.807, 2.05) is 0 Å². The first-order valence-corrected chi connectivity index (χ1v) is 12.0. The molecule has 3 aliphatic heterocycles. The van der Waals surface area contributed by atoms with Crippen LogP contribution in [-0.4, -0.2) is 72.3 Å². The molecule has 2 saturated heterocycles. The summed E-state index contributed by atoms with van der Waals surface area (Å²) in [5, 5.41) is 3.08. The van der Waals surface area contributed by atoms with Crippen molar-refractivity contribution < 1.29 is 14.3 Å². The number of fused-ring (bicyclic) bond motifs is 1. The molecule has 0 bridgehead atoms. The van der Waals surface area contributed by atoms with E-state index in [0.29, 0.717) is 19.0 Å². The van der Waals surface area contributed by atoms with Crippen molar-refractivity contribution in [3.63, 3.8) is 0 Å². The van der Waals surface area contributed by atoms with Crippen LogP contribution >= 0.6 is 0 Å². The average Bonchev–Trinajstić information content (AvgIpc) is 3.22. The predicted octanol–water partition coefficient (Wildman–Crippen LogP) is 2.04. The van der Waals surface area contributed by atoms with Crippen LogP contribution in [0.3, 0.4) is 0 Å². The summed E-state index contributed by atoms with van der Waals surface area (Å²) in [5.41, 5.74) is 8.68. The Hall–Kier alpha value is -3.17. The first kappa shape index (κ1) is 22.6. The zero-order valence-corrected chi connectivity index (χ0v) is 19.6. The lowest BCUT2D eigenvalue weighted by molar-refractivity contribution is -0.111. The molecule has 1 amide bonds. The molecule has 0 saturated carbocycles. The van der Waals surface area contributed by atoms with Gasteiger partial charge in [-0.1, -0.05) is 6.92 Å². The number of benzene rings is 1. The van der Waals surface area contributed by atoms with Gasteiger partial charge >= 0.3 is 0 Å². The van der Waals surface area contributed by atoms with Gasteiger partial charge in [-0.25, -0.2) is 9.97 Å². The predicted molar refractivity (Wildman–Crippen MR) is 131 cm³/mol. The van der Waals surface area contributed by atoms with Gasteiger partial charge in [-0.15, -0.1) is 0 Å². The number of rotatable bonds is 5. The number of ether oxygens (including phenoxy) is 2. The molecule has 5 rings (SSSR count). The van der Waals surface area contributed by atoms with Crippen LogP contribution in [0.1, 0.15) is 31.2 Å². The van der Waals surface area contributed by atoms with Gasteiger partial charge in [-0.05, 0) is 18.7 Å². The Bertz CT molecular complexity index is 1060. The maximum atomic E-state index is 13.2. The molecule has 9 nitrogen and oxygen atoms in total. The van der Waals surface area contributed by atoms with E-state index in [0.717, 1.165) is 74.7 Å².